The fraction of sp³-hybridized carbons (Fsp3) is 0.345. The lowest BCUT2D eigenvalue weighted by Gasteiger charge is -2.34. The minimum Gasteiger partial charge on any atom is -0.324 e. The Morgan fingerprint density at radius 1 is 0.818 bits per heavy atom. The zero-order valence-corrected chi connectivity index (χ0v) is 19.2. The largest absolute Gasteiger partial charge is 0.324 e. The fourth-order valence-electron chi connectivity index (χ4n) is 5.68. The van der Waals surface area contributed by atoms with Crippen LogP contribution in [0, 0.1) is 0 Å². The lowest BCUT2D eigenvalue weighted by atomic mass is 10.00. The van der Waals surface area contributed by atoms with E-state index in [2.05, 4.69) is 93.6 Å². The number of hydrogen-bond acceptors (Lipinski definition) is 3. The Hall–Kier alpha value is -2.95. The summed E-state index contributed by atoms with van der Waals surface area (Å²) in [7, 11) is 0. The molecule has 1 N–H and O–H groups in total. The molecule has 2 fully saturated rings. The maximum atomic E-state index is 5.10. The van der Waals surface area contributed by atoms with Gasteiger partial charge in [0, 0.05) is 38.1 Å². The zero-order chi connectivity index (χ0) is 22.0. The molecule has 0 radical (unpaired) electrons. The monoisotopic (exact) mass is 436 g/mol. The van der Waals surface area contributed by atoms with Gasteiger partial charge in [-0.3, -0.25) is 4.90 Å². The van der Waals surface area contributed by atoms with E-state index in [0.29, 0.717) is 12.0 Å². The number of benzene rings is 3. The SMILES string of the molecule is c1ccc(-c2cccc(CN3CCC(n4c([C@@H]5CCNC5)nc5ccccc54)CC3)c2)cc1. The third kappa shape index (κ3) is 4.21. The quantitative estimate of drug-likeness (QED) is 0.441. The molecule has 33 heavy (non-hydrogen) atoms. The number of hydrogen-bond donors (Lipinski definition) is 1. The summed E-state index contributed by atoms with van der Waals surface area (Å²) in [6.07, 6.45) is 3.57. The van der Waals surface area contributed by atoms with Crippen molar-refractivity contribution in [1.82, 2.24) is 19.8 Å². The lowest BCUT2D eigenvalue weighted by Crippen LogP contribution is -2.34. The van der Waals surface area contributed by atoms with Crippen LogP contribution in [0.15, 0.2) is 78.9 Å². The highest BCUT2D eigenvalue weighted by Crippen LogP contribution is 2.34. The van der Waals surface area contributed by atoms with Crippen molar-refractivity contribution in [3.8, 4) is 11.1 Å². The standard InChI is InChI=1S/C29H32N4/c1-2-8-23(9-3-1)24-10-6-7-22(19-24)21-32-17-14-26(15-18-32)33-28-12-5-4-11-27(28)31-29(33)25-13-16-30-20-25/h1-12,19,25-26,30H,13-18,20-21H2/t25-/m1/s1. The van der Waals surface area contributed by atoms with Gasteiger partial charge >= 0.3 is 0 Å². The van der Waals surface area contributed by atoms with Crippen molar-refractivity contribution >= 4 is 11.0 Å². The van der Waals surface area contributed by atoms with E-state index in [4.69, 9.17) is 4.98 Å². The third-order valence-corrected chi connectivity index (χ3v) is 7.41. The second-order valence-corrected chi connectivity index (χ2v) is 9.59. The topological polar surface area (TPSA) is 33.1 Å². The number of imidazole rings is 1. The van der Waals surface area contributed by atoms with Crippen LogP contribution in [0.25, 0.3) is 22.2 Å². The van der Waals surface area contributed by atoms with E-state index >= 15 is 0 Å². The van der Waals surface area contributed by atoms with Crippen LogP contribution in [0.5, 0.6) is 0 Å². The van der Waals surface area contributed by atoms with E-state index in [1.165, 1.54) is 47.3 Å². The van der Waals surface area contributed by atoms with Gasteiger partial charge in [0.25, 0.3) is 0 Å². The summed E-state index contributed by atoms with van der Waals surface area (Å²) in [6, 6.07) is 29.0. The first kappa shape index (κ1) is 20.6. The zero-order valence-electron chi connectivity index (χ0n) is 19.2. The molecule has 4 aromatic rings. The summed E-state index contributed by atoms with van der Waals surface area (Å²) in [4.78, 5) is 7.73. The number of aromatic nitrogens is 2. The van der Waals surface area contributed by atoms with Crippen LogP contribution in [0.2, 0.25) is 0 Å². The molecule has 0 amide bonds. The van der Waals surface area contributed by atoms with Gasteiger partial charge in [0.15, 0.2) is 0 Å². The van der Waals surface area contributed by atoms with Gasteiger partial charge in [-0.1, -0.05) is 60.7 Å². The molecule has 1 atom stereocenters. The van der Waals surface area contributed by atoms with Crippen molar-refractivity contribution in [3.63, 3.8) is 0 Å². The Labute approximate surface area is 196 Å². The summed E-state index contributed by atoms with van der Waals surface area (Å²) < 4.78 is 2.60. The number of para-hydroxylation sites is 2. The number of nitrogens with zero attached hydrogens (tertiary/aromatic N) is 3. The summed E-state index contributed by atoms with van der Waals surface area (Å²) in [5.41, 5.74) is 6.47. The highest BCUT2D eigenvalue weighted by atomic mass is 15.2. The van der Waals surface area contributed by atoms with Crippen molar-refractivity contribution in [2.45, 2.75) is 37.8 Å². The van der Waals surface area contributed by atoms with E-state index in [-0.39, 0.29) is 0 Å². The molecule has 2 saturated heterocycles. The van der Waals surface area contributed by atoms with Crippen molar-refractivity contribution < 1.29 is 0 Å². The molecule has 4 nitrogen and oxygen atoms in total. The Morgan fingerprint density at radius 2 is 1.61 bits per heavy atom. The average Bonchev–Trinajstić information content (AvgIpc) is 3.53. The molecule has 168 valence electrons. The summed E-state index contributed by atoms with van der Waals surface area (Å²) >= 11 is 0. The highest BCUT2D eigenvalue weighted by Gasteiger charge is 2.29. The lowest BCUT2D eigenvalue weighted by molar-refractivity contribution is 0.179. The molecule has 1 aromatic heterocycles. The first-order valence-corrected chi connectivity index (χ1v) is 12.4. The number of likely N-dealkylation sites (tertiary alicyclic amines) is 1. The normalized spacial score (nSPS) is 19.9. The van der Waals surface area contributed by atoms with Crippen LogP contribution in [-0.4, -0.2) is 40.6 Å². The van der Waals surface area contributed by atoms with E-state index < -0.39 is 0 Å². The molecule has 0 aliphatic carbocycles. The summed E-state index contributed by atoms with van der Waals surface area (Å²) in [6.45, 7) is 5.45. The van der Waals surface area contributed by atoms with Crippen LogP contribution >= 0.6 is 0 Å². The van der Waals surface area contributed by atoms with Crippen molar-refractivity contribution in [3.05, 3.63) is 90.3 Å². The molecular weight excluding hydrogens is 404 g/mol. The number of rotatable bonds is 5. The predicted octanol–water partition coefficient (Wildman–Crippen LogP) is 5.62. The molecule has 0 saturated carbocycles. The average molecular weight is 437 g/mol. The number of piperidine rings is 1. The van der Waals surface area contributed by atoms with Gasteiger partial charge in [-0.05, 0) is 60.7 Å². The highest BCUT2D eigenvalue weighted by molar-refractivity contribution is 5.76. The second-order valence-electron chi connectivity index (χ2n) is 9.59. The Morgan fingerprint density at radius 3 is 2.42 bits per heavy atom. The predicted molar refractivity (Wildman–Crippen MR) is 135 cm³/mol. The van der Waals surface area contributed by atoms with Crippen molar-refractivity contribution in [2.24, 2.45) is 0 Å². The molecule has 0 spiro atoms. The number of nitrogens with one attached hydrogen (secondary N) is 1. The maximum absolute atomic E-state index is 5.10. The van der Waals surface area contributed by atoms with Crippen LogP contribution < -0.4 is 5.32 Å². The van der Waals surface area contributed by atoms with Gasteiger partial charge in [0.1, 0.15) is 5.82 Å². The Kier molecular flexibility index (Phi) is 5.71. The van der Waals surface area contributed by atoms with Gasteiger partial charge in [-0.2, -0.15) is 0 Å². The number of fused-ring (bicyclic) bond motifs is 1. The van der Waals surface area contributed by atoms with E-state index in [0.717, 1.165) is 38.2 Å². The van der Waals surface area contributed by atoms with Crippen LogP contribution in [0.1, 0.15) is 42.6 Å². The van der Waals surface area contributed by atoms with Crippen molar-refractivity contribution in [2.75, 3.05) is 26.2 Å². The third-order valence-electron chi connectivity index (χ3n) is 7.41. The molecule has 4 heteroatoms. The van der Waals surface area contributed by atoms with Gasteiger partial charge in [0.2, 0.25) is 0 Å². The van der Waals surface area contributed by atoms with Crippen LogP contribution in [0.3, 0.4) is 0 Å². The molecular formula is C29H32N4. The van der Waals surface area contributed by atoms with Gasteiger partial charge < -0.3 is 9.88 Å². The van der Waals surface area contributed by atoms with E-state index in [9.17, 15) is 0 Å². The van der Waals surface area contributed by atoms with Gasteiger partial charge in [0.05, 0.1) is 11.0 Å². The Balaban J connectivity index is 1.18. The summed E-state index contributed by atoms with van der Waals surface area (Å²) in [5.74, 6) is 1.84. The second kappa shape index (κ2) is 9.12. The molecule has 0 unspecified atom stereocenters. The van der Waals surface area contributed by atoms with Crippen molar-refractivity contribution in [1.29, 1.82) is 0 Å². The van der Waals surface area contributed by atoms with Crippen LogP contribution in [-0.2, 0) is 6.54 Å². The molecule has 2 aliphatic heterocycles. The first-order valence-electron chi connectivity index (χ1n) is 12.4. The van der Waals surface area contributed by atoms with Gasteiger partial charge in [-0.25, -0.2) is 4.98 Å². The molecule has 3 aromatic carbocycles. The minimum atomic E-state index is 0.538. The maximum Gasteiger partial charge on any atom is 0.114 e. The smallest absolute Gasteiger partial charge is 0.114 e. The molecule has 0 bridgehead atoms. The Bertz CT molecular complexity index is 1210. The van der Waals surface area contributed by atoms with E-state index in [1.54, 1.807) is 0 Å². The van der Waals surface area contributed by atoms with E-state index in [1.807, 2.05) is 0 Å². The first-order chi connectivity index (χ1) is 16.3. The summed E-state index contributed by atoms with van der Waals surface area (Å²) in [5, 5.41) is 3.53. The van der Waals surface area contributed by atoms with Crippen LogP contribution in [0.4, 0.5) is 0 Å². The molecule has 3 heterocycles. The minimum absolute atomic E-state index is 0.538. The van der Waals surface area contributed by atoms with Gasteiger partial charge in [-0.15, -0.1) is 0 Å². The fourth-order valence-corrected chi connectivity index (χ4v) is 5.68. The molecule has 2 aliphatic rings. The molecule has 6 rings (SSSR count).